The summed E-state index contributed by atoms with van der Waals surface area (Å²) in [5.41, 5.74) is 1.18. The quantitative estimate of drug-likeness (QED) is 0.389. The number of ketones is 1. The molecule has 0 heterocycles. The molecule has 0 bridgehead atoms. The van der Waals surface area contributed by atoms with Crippen molar-refractivity contribution in [2.75, 3.05) is 19.8 Å². The molecule has 8 nitrogen and oxygen atoms in total. The number of carbonyl (C=O) groups excluding carboxylic acids is 4. The zero-order chi connectivity index (χ0) is 21.2. The zero-order valence-corrected chi connectivity index (χ0v) is 16.1. The Bertz CT molecular complexity index is 890. The number of benzene rings is 2. The topological polar surface area (TPSA) is 108 Å². The molecular formula is C21H21NO7. The van der Waals surface area contributed by atoms with E-state index in [1.807, 2.05) is 19.1 Å². The summed E-state index contributed by atoms with van der Waals surface area (Å²) in [5, 5.41) is 2.36. The Labute approximate surface area is 167 Å². The van der Waals surface area contributed by atoms with Crippen LogP contribution in [0.1, 0.15) is 22.8 Å². The summed E-state index contributed by atoms with van der Waals surface area (Å²) in [4.78, 5) is 46.3. The van der Waals surface area contributed by atoms with E-state index < -0.39 is 30.2 Å². The highest BCUT2D eigenvalue weighted by Crippen LogP contribution is 2.15. The van der Waals surface area contributed by atoms with Crippen molar-refractivity contribution in [2.45, 2.75) is 13.8 Å². The molecule has 0 radical (unpaired) electrons. The van der Waals surface area contributed by atoms with Crippen LogP contribution in [-0.4, -0.2) is 43.4 Å². The molecule has 2 aromatic rings. The van der Waals surface area contributed by atoms with Crippen LogP contribution < -0.4 is 14.8 Å². The van der Waals surface area contributed by atoms with Crippen LogP contribution >= 0.6 is 0 Å². The Morgan fingerprint density at radius 3 is 2.28 bits per heavy atom. The highest BCUT2D eigenvalue weighted by atomic mass is 16.5. The molecule has 0 saturated carbocycles. The van der Waals surface area contributed by atoms with Crippen LogP contribution in [0.25, 0.3) is 0 Å². The van der Waals surface area contributed by atoms with Gasteiger partial charge in [-0.2, -0.15) is 0 Å². The van der Waals surface area contributed by atoms with Gasteiger partial charge in [-0.25, -0.2) is 0 Å². The lowest BCUT2D eigenvalue weighted by Crippen LogP contribution is -2.34. The molecule has 0 atom stereocenters. The fourth-order valence-corrected chi connectivity index (χ4v) is 2.24. The Hall–Kier alpha value is -3.68. The molecule has 0 aliphatic rings. The van der Waals surface area contributed by atoms with Crippen LogP contribution in [0.4, 0.5) is 0 Å². The highest BCUT2D eigenvalue weighted by molar-refractivity contribution is 5.98. The lowest BCUT2D eigenvalue weighted by molar-refractivity contribution is -0.143. The molecular weight excluding hydrogens is 378 g/mol. The molecule has 0 saturated heterocycles. The SMILES string of the molecule is CC(=O)Oc1ccc(C(=O)COC(=O)CNC(=O)COc2ccccc2C)cc1. The van der Waals surface area contributed by atoms with Crippen molar-refractivity contribution in [3.8, 4) is 11.5 Å². The third-order valence-corrected chi connectivity index (χ3v) is 3.68. The molecule has 1 amide bonds. The monoisotopic (exact) mass is 399 g/mol. The fourth-order valence-electron chi connectivity index (χ4n) is 2.24. The maximum atomic E-state index is 12.0. The van der Waals surface area contributed by atoms with Crippen LogP contribution in [0, 0.1) is 6.92 Å². The summed E-state index contributed by atoms with van der Waals surface area (Å²) in [6.45, 7) is 2.03. The van der Waals surface area contributed by atoms with Crippen LogP contribution in [0.2, 0.25) is 0 Å². The molecule has 0 aromatic heterocycles. The van der Waals surface area contributed by atoms with Crippen molar-refractivity contribution in [1.82, 2.24) is 5.32 Å². The third-order valence-electron chi connectivity index (χ3n) is 3.68. The third kappa shape index (κ3) is 7.45. The number of carbonyl (C=O) groups is 4. The lowest BCUT2D eigenvalue weighted by Gasteiger charge is -2.09. The summed E-state index contributed by atoms with van der Waals surface area (Å²) in [6, 6.07) is 13.1. The number of Topliss-reactive ketones (excluding diaryl/α,β-unsaturated/α-hetero) is 1. The van der Waals surface area contributed by atoms with Gasteiger partial charge < -0.3 is 19.5 Å². The maximum absolute atomic E-state index is 12.0. The molecule has 29 heavy (non-hydrogen) atoms. The first-order valence-corrected chi connectivity index (χ1v) is 8.77. The number of aryl methyl sites for hydroxylation is 1. The number of rotatable bonds is 9. The van der Waals surface area contributed by atoms with Gasteiger partial charge in [0.05, 0.1) is 0 Å². The van der Waals surface area contributed by atoms with Gasteiger partial charge in [-0.3, -0.25) is 19.2 Å². The van der Waals surface area contributed by atoms with Gasteiger partial charge in [-0.1, -0.05) is 18.2 Å². The molecule has 2 aromatic carbocycles. The minimum atomic E-state index is -0.751. The second kappa shape index (κ2) is 10.6. The van der Waals surface area contributed by atoms with E-state index >= 15 is 0 Å². The Balaban J connectivity index is 1.69. The molecule has 2 rings (SSSR count). The smallest absolute Gasteiger partial charge is 0.325 e. The first-order chi connectivity index (χ1) is 13.8. The number of para-hydroxylation sites is 1. The number of hydrogen-bond donors (Lipinski definition) is 1. The minimum absolute atomic E-state index is 0.244. The van der Waals surface area contributed by atoms with Crippen molar-refractivity contribution in [3.63, 3.8) is 0 Å². The van der Waals surface area contributed by atoms with Gasteiger partial charge in [0.1, 0.15) is 18.0 Å². The van der Waals surface area contributed by atoms with Crippen LogP contribution in [0.3, 0.4) is 0 Å². The number of ether oxygens (including phenoxy) is 3. The summed E-state index contributed by atoms with van der Waals surface area (Å²) in [6.07, 6.45) is 0. The Morgan fingerprint density at radius 2 is 1.62 bits per heavy atom. The molecule has 0 unspecified atom stereocenters. The average molecular weight is 399 g/mol. The van der Waals surface area contributed by atoms with Crippen LogP contribution in [0.5, 0.6) is 11.5 Å². The van der Waals surface area contributed by atoms with Crippen molar-refractivity contribution in [1.29, 1.82) is 0 Å². The van der Waals surface area contributed by atoms with Gasteiger partial charge in [0.2, 0.25) is 0 Å². The molecule has 1 N–H and O–H groups in total. The maximum Gasteiger partial charge on any atom is 0.325 e. The van der Waals surface area contributed by atoms with Crippen molar-refractivity contribution in [2.24, 2.45) is 0 Å². The number of nitrogens with one attached hydrogen (secondary N) is 1. The van der Waals surface area contributed by atoms with E-state index in [2.05, 4.69) is 5.32 Å². The molecule has 152 valence electrons. The summed E-state index contributed by atoms with van der Waals surface area (Å²) >= 11 is 0. The standard InChI is InChI=1S/C21H21NO7/c1-14-5-3-4-6-19(14)27-13-20(25)22-11-21(26)28-12-18(24)16-7-9-17(10-8-16)29-15(2)23/h3-10H,11-13H2,1-2H3,(H,22,25). The van der Waals surface area contributed by atoms with Crippen LogP contribution in [0.15, 0.2) is 48.5 Å². The normalized spacial score (nSPS) is 10.0. The van der Waals surface area contributed by atoms with Gasteiger partial charge >= 0.3 is 11.9 Å². The Kier molecular flexibility index (Phi) is 7.90. The summed E-state index contributed by atoms with van der Waals surface area (Å²) in [5.74, 6) is -1.25. The van der Waals surface area contributed by atoms with Gasteiger partial charge in [0.25, 0.3) is 5.91 Å². The number of amides is 1. The first-order valence-electron chi connectivity index (χ1n) is 8.77. The van der Waals surface area contributed by atoms with E-state index in [1.165, 1.54) is 31.2 Å². The summed E-state index contributed by atoms with van der Waals surface area (Å²) in [7, 11) is 0. The number of esters is 2. The summed E-state index contributed by atoms with van der Waals surface area (Å²) < 4.78 is 15.1. The second-order valence-corrected chi connectivity index (χ2v) is 6.03. The van der Waals surface area contributed by atoms with E-state index in [0.717, 1.165) is 5.56 Å². The van der Waals surface area contributed by atoms with Crippen molar-refractivity contribution in [3.05, 3.63) is 59.7 Å². The minimum Gasteiger partial charge on any atom is -0.484 e. The van der Waals surface area contributed by atoms with E-state index in [0.29, 0.717) is 17.1 Å². The molecule has 0 aliphatic carbocycles. The predicted octanol–water partition coefficient (Wildman–Crippen LogP) is 1.84. The highest BCUT2D eigenvalue weighted by Gasteiger charge is 2.12. The molecule has 0 spiro atoms. The first kappa shape index (κ1) is 21.6. The largest absolute Gasteiger partial charge is 0.484 e. The fraction of sp³-hybridized carbons (Fsp3) is 0.238. The second-order valence-electron chi connectivity index (χ2n) is 6.03. The van der Waals surface area contributed by atoms with E-state index in [-0.39, 0.29) is 13.2 Å². The van der Waals surface area contributed by atoms with Crippen molar-refractivity contribution >= 4 is 23.6 Å². The van der Waals surface area contributed by atoms with E-state index in [4.69, 9.17) is 14.2 Å². The Morgan fingerprint density at radius 1 is 0.931 bits per heavy atom. The predicted molar refractivity (Wildman–Crippen MR) is 103 cm³/mol. The van der Waals surface area contributed by atoms with Gasteiger partial charge in [-0.15, -0.1) is 0 Å². The van der Waals surface area contributed by atoms with E-state index in [1.54, 1.807) is 12.1 Å². The number of hydrogen-bond acceptors (Lipinski definition) is 7. The molecule has 0 fully saturated rings. The van der Waals surface area contributed by atoms with Gasteiger partial charge in [0, 0.05) is 12.5 Å². The van der Waals surface area contributed by atoms with Gasteiger partial charge in [-0.05, 0) is 42.8 Å². The molecule has 0 aliphatic heterocycles. The van der Waals surface area contributed by atoms with Crippen LogP contribution in [-0.2, 0) is 19.1 Å². The lowest BCUT2D eigenvalue weighted by atomic mass is 10.1. The van der Waals surface area contributed by atoms with E-state index in [9.17, 15) is 19.2 Å². The molecule has 8 heteroatoms. The van der Waals surface area contributed by atoms with Crippen molar-refractivity contribution < 1.29 is 33.4 Å². The zero-order valence-electron chi connectivity index (χ0n) is 16.1. The average Bonchev–Trinajstić information content (AvgIpc) is 2.70. The van der Waals surface area contributed by atoms with Gasteiger partial charge in [0.15, 0.2) is 19.0 Å².